The van der Waals surface area contributed by atoms with Crippen LogP contribution in [0.25, 0.3) is 5.69 Å². The molecular formula is C32H36ClN5O2. The summed E-state index contributed by atoms with van der Waals surface area (Å²) in [6.07, 6.45) is 1.39. The molecule has 0 spiro atoms. The van der Waals surface area contributed by atoms with E-state index in [-0.39, 0.29) is 23.9 Å². The molecule has 3 amide bonds. The number of carbonyl (C=O) groups is 2. The van der Waals surface area contributed by atoms with E-state index in [9.17, 15) is 9.59 Å². The van der Waals surface area contributed by atoms with Crippen LogP contribution in [0.4, 0.5) is 16.3 Å². The van der Waals surface area contributed by atoms with Crippen molar-refractivity contribution in [3.05, 3.63) is 107 Å². The number of para-hydroxylation sites is 2. The Morgan fingerprint density at radius 3 is 2.30 bits per heavy atom. The van der Waals surface area contributed by atoms with Gasteiger partial charge in [-0.2, -0.15) is 5.10 Å². The average Bonchev–Trinajstić information content (AvgIpc) is 3.36. The normalized spacial score (nSPS) is 11.2. The van der Waals surface area contributed by atoms with E-state index >= 15 is 0 Å². The molecule has 0 bridgehead atoms. The Morgan fingerprint density at radius 2 is 1.60 bits per heavy atom. The van der Waals surface area contributed by atoms with Crippen LogP contribution in [0.1, 0.15) is 44.5 Å². The highest BCUT2D eigenvalue weighted by atomic mass is 35.5. The van der Waals surface area contributed by atoms with E-state index in [0.29, 0.717) is 29.5 Å². The van der Waals surface area contributed by atoms with Crippen LogP contribution in [-0.2, 0) is 23.1 Å². The van der Waals surface area contributed by atoms with Gasteiger partial charge in [-0.1, -0.05) is 100.0 Å². The number of amides is 3. The molecule has 3 aromatic carbocycles. The summed E-state index contributed by atoms with van der Waals surface area (Å²) in [6.45, 7) is 8.45. The molecule has 0 radical (unpaired) electrons. The number of nitrogens with one attached hydrogen (secondary N) is 2. The molecule has 0 unspecified atom stereocenters. The minimum atomic E-state index is -0.333. The summed E-state index contributed by atoms with van der Waals surface area (Å²) in [6, 6.07) is 26.5. The van der Waals surface area contributed by atoms with Crippen molar-refractivity contribution in [3.8, 4) is 5.69 Å². The van der Waals surface area contributed by atoms with Crippen LogP contribution in [-0.4, -0.2) is 39.7 Å². The smallest absolute Gasteiger partial charge is 0.315 e. The zero-order chi connectivity index (χ0) is 28.7. The number of benzene rings is 3. The maximum Gasteiger partial charge on any atom is 0.322 e. The number of rotatable bonds is 9. The van der Waals surface area contributed by atoms with E-state index in [1.165, 1.54) is 4.90 Å². The topological polar surface area (TPSA) is 79.3 Å². The summed E-state index contributed by atoms with van der Waals surface area (Å²) in [5, 5.41) is 11.3. The van der Waals surface area contributed by atoms with E-state index in [0.717, 1.165) is 28.9 Å². The highest BCUT2D eigenvalue weighted by Crippen LogP contribution is 2.29. The van der Waals surface area contributed by atoms with Crippen LogP contribution in [0.2, 0.25) is 5.02 Å². The summed E-state index contributed by atoms with van der Waals surface area (Å²) in [7, 11) is 0. The minimum absolute atomic E-state index is 0.133. The van der Waals surface area contributed by atoms with Crippen molar-refractivity contribution in [2.75, 3.05) is 23.7 Å². The molecule has 0 aliphatic rings. The maximum atomic E-state index is 13.5. The van der Waals surface area contributed by atoms with Gasteiger partial charge in [0, 0.05) is 23.7 Å². The van der Waals surface area contributed by atoms with Crippen LogP contribution < -0.4 is 10.6 Å². The van der Waals surface area contributed by atoms with E-state index < -0.39 is 0 Å². The van der Waals surface area contributed by atoms with Crippen molar-refractivity contribution in [1.29, 1.82) is 0 Å². The van der Waals surface area contributed by atoms with Gasteiger partial charge >= 0.3 is 6.03 Å². The van der Waals surface area contributed by atoms with Crippen molar-refractivity contribution in [3.63, 3.8) is 0 Å². The highest BCUT2D eigenvalue weighted by molar-refractivity contribution is 6.32. The van der Waals surface area contributed by atoms with E-state index in [4.69, 9.17) is 16.7 Å². The van der Waals surface area contributed by atoms with Crippen molar-refractivity contribution >= 4 is 35.0 Å². The molecule has 0 fully saturated rings. The molecule has 0 saturated carbocycles. The number of hydrogen-bond acceptors (Lipinski definition) is 3. The summed E-state index contributed by atoms with van der Waals surface area (Å²) < 4.78 is 1.65. The Bertz CT molecular complexity index is 1460. The second-order valence-electron chi connectivity index (χ2n) is 10.7. The zero-order valence-electron chi connectivity index (χ0n) is 23.4. The quantitative estimate of drug-likeness (QED) is 0.230. The fourth-order valence-corrected chi connectivity index (χ4v) is 4.52. The Morgan fingerprint density at radius 1 is 0.925 bits per heavy atom. The van der Waals surface area contributed by atoms with Crippen LogP contribution in [0.5, 0.6) is 0 Å². The van der Waals surface area contributed by atoms with Crippen LogP contribution >= 0.6 is 11.6 Å². The van der Waals surface area contributed by atoms with Crippen LogP contribution in [0.3, 0.4) is 0 Å². The highest BCUT2D eigenvalue weighted by Gasteiger charge is 2.24. The lowest BCUT2D eigenvalue weighted by Crippen LogP contribution is -2.42. The molecule has 208 valence electrons. The number of anilines is 2. The first-order chi connectivity index (χ1) is 19.2. The number of halogens is 1. The van der Waals surface area contributed by atoms with Crippen LogP contribution in [0.15, 0.2) is 84.9 Å². The third-order valence-electron chi connectivity index (χ3n) is 6.60. The van der Waals surface area contributed by atoms with Crippen molar-refractivity contribution in [2.24, 2.45) is 0 Å². The number of hydrogen-bond donors (Lipinski definition) is 2. The number of aryl methyl sites for hydroxylation is 1. The molecule has 2 N–H and O–H groups in total. The van der Waals surface area contributed by atoms with Crippen LogP contribution in [0, 0.1) is 0 Å². The first-order valence-electron chi connectivity index (χ1n) is 13.5. The Labute approximate surface area is 241 Å². The van der Waals surface area contributed by atoms with E-state index in [1.54, 1.807) is 10.7 Å². The Hall–Kier alpha value is -4.10. The summed E-state index contributed by atoms with van der Waals surface area (Å²) in [5.41, 5.74) is 4.07. The molecule has 1 aromatic heterocycles. The molecule has 0 atom stereocenters. The minimum Gasteiger partial charge on any atom is -0.315 e. The number of urea groups is 1. The van der Waals surface area contributed by atoms with Gasteiger partial charge in [0.15, 0.2) is 0 Å². The number of nitrogens with zero attached hydrogens (tertiary/aromatic N) is 3. The van der Waals surface area contributed by atoms with E-state index in [1.807, 2.05) is 85.8 Å². The third-order valence-corrected chi connectivity index (χ3v) is 6.92. The predicted octanol–water partition coefficient (Wildman–Crippen LogP) is 7.10. The number of carbonyl (C=O) groups excluding carboxylic acids is 2. The van der Waals surface area contributed by atoms with Gasteiger partial charge in [-0.05, 0) is 42.2 Å². The molecule has 0 saturated heterocycles. The van der Waals surface area contributed by atoms with Crippen molar-refractivity contribution in [1.82, 2.24) is 14.7 Å². The van der Waals surface area contributed by atoms with Gasteiger partial charge in [0.05, 0.1) is 16.4 Å². The van der Waals surface area contributed by atoms with E-state index in [2.05, 4.69) is 31.4 Å². The lowest BCUT2D eigenvalue weighted by atomic mass is 9.92. The third kappa shape index (κ3) is 7.30. The van der Waals surface area contributed by atoms with Gasteiger partial charge in [-0.15, -0.1) is 0 Å². The molecule has 0 aliphatic heterocycles. The summed E-state index contributed by atoms with van der Waals surface area (Å²) >= 11 is 6.48. The van der Waals surface area contributed by atoms with Gasteiger partial charge in [0.25, 0.3) is 0 Å². The molecule has 1 heterocycles. The second kappa shape index (κ2) is 12.8. The molecule has 0 aliphatic carbocycles. The number of aromatic nitrogens is 2. The lowest BCUT2D eigenvalue weighted by Gasteiger charge is -2.23. The lowest BCUT2D eigenvalue weighted by molar-refractivity contribution is -0.116. The summed E-state index contributed by atoms with van der Waals surface area (Å²) in [4.78, 5) is 28.4. The molecular weight excluding hydrogens is 522 g/mol. The molecule has 40 heavy (non-hydrogen) atoms. The molecule has 8 heteroatoms. The maximum absolute atomic E-state index is 13.5. The SMILES string of the molecule is CCc1ccccc1NC(=O)N(CCc1ccccc1)CC(=O)Nc1cc(C(C)(C)C)nn1-c1ccccc1Cl. The fourth-order valence-electron chi connectivity index (χ4n) is 4.31. The molecule has 4 aromatic rings. The van der Waals surface area contributed by atoms with Gasteiger partial charge < -0.3 is 15.5 Å². The van der Waals surface area contributed by atoms with Gasteiger partial charge in [0.2, 0.25) is 5.91 Å². The average molecular weight is 558 g/mol. The largest absolute Gasteiger partial charge is 0.322 e. The fraction of sp³-hybridized carbons (Fsp3) is 0.281. The first-order valence-corrected chi connectivity index (χ1v) is 13.9. The van der Waals surface area contributed by atoms with Gasteiger partial charge in [0.1, 0.15) is 12.4 Å². The Kier molecular flexibility index (Phi) is 9.27. The summed E-state index contributed by atoms with van der Waals surface area (Å²) in [5.74, 6) is 0.156. The predicted molar refractivity (Wildman–Crippen MR) is 162 cm³/mol. The zero-order valence-corrected chi connectivity index (χ0v) is 24.2. The first kappa shape index (κ1) is 28.9. The second-order valence-corrected chi connectivity index (χ2v) is 11.1. The van der Waals surface area contributed by atoms with Gasteiger partial charge in [-0.25, -0.2) is 9.48 Å². The molecule has 7 nitrogen and oxygen atoms in total. The standard InChI is InChI=1S/C32H36ClN5O2/c1-5-24-15-9-11-17-26(24)34-31(40)37(20-19-23-13-7-6-8-14-23)22-30(39)35-29-21-28(32(2,3)4)36-38(29)27-18-12-10-16-25(27)33/h6-18,21H,5,19-20,22H2,1-4H3,(H,34,40)(H,35,39). The monoisotopic (exact) mass is 557 g/mol. The van der Waals surface area contributed by atoms with Crippen molar-refractivity contribution < 1.29 is 9.59 Å². The van der Waals surface area contributed by atoms with Crippen molar-refractivity contribution in [2.45, 2.75) is 46.0 Å². The Balaban J connectivity index is 1.57. The molecule has 4 rings (SSSR count). The van der Waals surface area contributed by atoms with Gasteiger partial charge in [-0.3, -0.25) is 4.79 Å².